The Morgan fingerprint density at radius 2 is 1.96 bits per heavy atom. The molecule has 0 amide bonds. The normalized spacial score (nSPS) is 16.1. The monoisotopic (exact) mass is 372 g/mol. The number of rotatable bonds is 6. The van der Waals surface area contributed by atoms with E-state index in [0.29, 0.717) is 12.3 Å². The van der Waals surface area contributed by atoms with Gasteiger partial charge in [-0.3, -0.25) is 9.69 Å². The first-order valence-electron chi connectivity index (χ1n) is 8.92. The van der Waals surface area contributed by atoms with Crippen LogP contribution in [0.2, 0.25) is 0 Å². The van der Waals surface area contributed by atoms with Crippen LogP contribution in [0.25, 0.3) is 0 Å². The van der Waals surface area contributed by atoms with E-state index in [0.717, 1.165) is 37.4 Å². The average Bonchev–Trinajstić information content (AvgIpc) is 2.66. The molecule has 1 N–H and O–H groups in total. The molecule has 0 unspecified atom stereocenters. The number of ether oxygens (including phenoxy) is 1. The first-order chi connectivity index (χ1) is 12.9. The summed E-state index contributed by atoms with van der Waals surface area (Å²) < 4.78 is 6.90. The number of benzene rings is 1. The fourth-order valence-electron chi connectivity index (χ4n) is 3.03. The Hall–Kier alpha value is -2.87. The first kappa shape index (κ1) is 18.9. The fourth-order valence-corrected chi connectivity index (χ4v) is 3.03. The molecule has 144 valence electrons. The number of carboxylic acids is 1. The van der Waals surface area contributed by atoms with Crippen molar-refractivity contribution in [1.82, 2.24) is 14.7 Å². The van der Waals surface area contributed by atoms with Gasteiger partial charge < -0.3 is 14.7 Å². The van der Waals surface area contributed by atoms with Gasteiger partial charge in [0.2, 0.25) is 0 Å². The molecule has 1 aromatic heterocycles. The van der Waals surface area contributed by atoms with Gasteiger partial charge in [0.05, 0.1) is 11.9 Å². The minimum absolute atomic E-state index is 0.117. The third-order valence-electron chi connectivity index (χ3n) is 4.71. The lowest BCUT2D eigenvalue weighted by molar-refractivity contribution is -0.144. The first-order valence-corrected chi connectivity index (χ1v) is 8.92. The van der Waals surface area contributed by atoms with Crippen molar-refractivity contribution in [2.45, 2.75) is 19.6 Å². The molecule has 1 aliphatic rings. The standard InChI is InChI=1S/C19H24N4O4/c1-14(19(25)26)27-17-6-4-3-5-15(17)13-22-7-9-23(10-8-22)16-11-18(24)21(2)20-12-16/h3-6,11-12,14H,7-10,13H2,1-2H3,(H,25,26)/t14-/m0/s1. The molecule has 0 saturated carbocycles. The van der Waals surface area contributed by atoms with E-state index in [-0.39, 0.29) is 5.56 Å². The molecule has 1 aromatic carbocycles. The van der Waals surface area contributed by atoms with E-state index >= 15 is 0 Å². The molecule has 2 aromatic rings. The van der Waals surface area contributed by atoms with Crippen LogP contribution in [-0.4, -0.2) is 58.0 Å². The number of hydrogen-bond acceptors (Lipinski definition) is 6. The van der Waals surface area contributed by atoms with Gasteiger partial charge in [-0.25, -0.2) is 9.48 Å². The Labute approximate surface area is 157 Å². The maximum Gasteiger partial charge on any atom is 0.344 e. The number of aromatic nitrogens is 2. The molecule has 0 radical (unpaired) electrons. The van der Waals surface area contributed by atoms with E-state index in [1.165, 1.54) is 11.6 Å². The van der Waals surface area contributed by atoms with Crippen molar-refractivity contribution in [2.75, 3.05) is 31.1 Å². The van der Waals surface area contributed by atoms with Crippen LogP contribution in [-0.2, 0) is 18.4 Å². The molecule has 1 atom stereocenters. The number of aryl methyl sites for hydroxylation is 1. The van der Waals surface area contributed by atoms with Crippen LogP contribution >= 0.6 is 0 Å². The summed E-state index contributed by atoms with van der Waals surface area (Å²) in [6.45, 7) is 5.46. The summed E-state index contributed by atoms with van der Waals surface area (Å²) >= 11 is 0. The summed E-state index contributed by atoms with van der Waals surface area (Å²) in [6, 6.07) is 9.14. The molecule has 1 saturated heterocycles. The van der Waals surface area contributed by atoms with Gasteiger partial charge in [-0.1, -0.05) is 18.2 Å². The quantitative estimate of drug-likeness (QED) is 0.808. The van der Waals surface area contributed by atoms with Gasteiger partial charge >= 0.3 is 5.97 Å². The highest BCUT2D eigenvalue weighted by Gasteiger charge is 2.20. The highest BCUT2D eigenvalue weighted by molar-refractivity contribution is 5.72. The third kappa shape index (κ3) is 4.65. The van der Waals surface area contributed by atoms with Gasteiger partial charge in [-0.05, 0) is 13.0 Å². The van der Waals surface area contributed by atoms with Crippen LogP contribution < -0.4 is 15.2 Å². The van der Waals surface area contributed by atoms with Gasteiger partial charge in [0.25, 0.3) is 5.56 Å². The molecule has 27 heavy (non-hydrogen) atoms. The second-order valence-electron chi connectivity index (χ2n) is 6.64. The van der Waals surface area contributed by atoms with Gasteiger partial charge in [0, 0.05) is 51.4 Å². The van der Waals surface area contributed by atoms with Gasteiger partial charge in [-0.15, -0.1) is 0 Å². The van der Waals surface area contributed by atoms with E-state index in [2.05, 4.69) is 14.9 Å². The summed E-state index contributed by atoms with van der Waals surface area (Å²) in [5.74, 6) is -0.383. The molecule has 2 heterocycles. The van der Waals surface area contributed by atoms with E-state index in [1.54, 1.807) is 25.4 Å². The van der Waals surface area contributed by atoms with Gasteiger partial charge in [0.1, 0.15) is 5.75 Å². The second-order valence-corrected chi connectivity index (χ2v) is 6.64. The molecular formula is C19H24N4O4. The Kier molecular flexibility index (Phi) is 5.75. The molecule has 1 aliphatic heterocycles. The fraction of sp³-hybridized carbons (Fsp3) is 0.421. The SMILES string of the molecule is C[C@H](Oc1ccccc1CN1CCN(c2cnn(C)c(=O)c2)CC1)C(=O)O. The molecule has 8 nitrogen and oxygen atoms in total. The number of piperazine rings is 1. The number of para-hydroxylation sites is 1. The maximum atomic E-state index is 11.8. The molecule has 0 aliphatic carbocycles. The van der Waals surface area contributed by atoms with Crippen molar-refractivity contribution in [3.8, 4) is 5.75 Å². The highest BCUT2D eigenvalue weighted by Crippen LogP contribution is 2.22. The predicted molar refractivity (Wildman–Crippen MR) is 101 cm³/mol. The van der Waals surface area contributed by atoms with Crippen molar-refractivity contribution in [3.05, 3.63) is 52.4 Å². The lowest BCUT2D eigenvalue weighted by Crippen LogP contribution is -2.46. The Morgan fingerprint density at radius 3 is 2.63 bits per heavy atom. The zero-order valence-corrected chi connectivity index (χ0v) is 15.5. The van der Waals surface area contributed by atoms with Crippen molar-refractivity contribution >= 4 is 11.7 Å². The predicted octanol–water partition coefficient (Wildman–Crippen LogP) is 0.954. The second kappa shape index (κ2) is 8.22. The number of anilines is 1. The molecule has 1 fully saturated rings. The molecule has 3 rings (SSSR count). The van der Waals surface area contributed by atoms with Crippen LogP contribution in [0.1, 0.15) is 12.5 Å². The van der Waals surface area contributed by atoms with E-state index in [4.69, 9.17) is 9.84 Å². The highest BCUT2D eigenvalue weighted by atomic mass is 16.5. The summed E-state index contributed by atoms with van der Waals surface area (Å²) in [6.07, 6.45) is 0.823. The zero-order chi connectivity index (χ0) is 19.4. The molecule has 0 spiro atoms. The number of hydrogen-bond donors (Lipinski definition) is 1. The van der Waals surface area contributed by atoms with Crippen molar-refractivity contribution in [3.63, 3.8) is 0 Å². The van der Waals surface area contributed by atoms with Crippen LogP contribution in [0.15, 0.2) is 41.3 Å². The van der Waals surface area contributed by atoms with Crippen molar-refractivity contribution in [1.29, 1.82) is 0 Å². The summed E-state index contributed by atoms with van der Waals surface area (Å²) in [5.41, 5.74) is 1.69. The van der Waals surface area contributed by atoms with Crippen LogP contribution in [0.4, 0.5) is 5.69 Å². The summed E-state index contributed by atoms with van der Waals surface area (Å²) in [7, 11) is 1.63. The van der Waals surface area contributed by atoms with E-state index < -0.39 is 12.1 Å². The average molecular weight is 372 g/mol. The topological polar surface area (TPSA) is 87.9 Å². The minimum Gasteiger partial charge on any atom is -0.479 e. The molecular weight excluding hydrogens is 348 g/mol. The lowest BCUT2D eigenvalue weighted by Gasteiger charge is -2.36. The molecule has 8 heteroatoms. The minimum atomic E-state index is -0.985. The Balaban J connectivity index is 1.62. The Morgan fingerprint density at radius 1 is 1.26 bits per heavy atom. The van der Waals surface area contributed by atoms with Crippen LogP contribution in [0.3, 0.4) is 0 Å². The largest absolute Gasteiger partial charge is 0.479 e. The smallest absolute Gasteiger partial charge is 0.344 e. The van der Waals surface area contributed by atoms with Crippen LogP contribution in [0, 0.1) is 0 Å². The van der Waals surface area contributed by atoms with Gasteiger partial charge in [0.15, 0.2) is 6.10 Å². The number of nitrogens with zero attached hydrogens (tertiary/aromatic N) is 4. The lowest BCUT2D eigenvalue weighted by atomic mass is 10.1. The zero-order valence-electron chi connectivity index (χ0n) is 15.5. The summed E-state index contributed by atoms with van der Waals surface area (Å²) in [5, 5.41) is 13.1. The Bertz CT molecular complexity index is 859. The summed E-state index contributed by atoms with van der Waals surface area (Å²) in [4.78, 5) is 27.3. The molecule has 0 bridgehead atoms. The van der Waals surface area contributed by atoms with E-state index in [9.17, 15) is 9.59 Å². The van der Waals surface area contributed by atoms with Crippen molar-refractivity contribution < 1.29 is 14.6 Å². The van der Waals surface area contributed by atoms with E-state index in [1.807, 2.05) is 18.2 Å². The van der Waals surface area contributed by atoms with Crippen LogP contribution in [0.5, 0.6) is 5.75 Å². The number of carboxylic acid groups (broad SMARTS) is 1. The number of carbonyl (C=O) groups is 1. The van der Waals surface area contributed by atoms with Gasteiger partial charge in [-0.2, -0.15) is 5.10 Å². The maximum absolute atomic E-state index is 11.8. The van der Waals surface area contributed by atoms with Crippen molar-refractivity contribution in [2.24, 2.45) is 7.05 Å². The third-order valence-corrected chi connectivity index (χ3v) is 4.71. The number of aliphatic carboxylic acids is 1.